The van der Waals surface area contributed by atoms with Crippen molar-refractivity contribution in [2.75, 3.05) is 11.5 Å². The molecule has 0 unspecified atom stereocenters. The Hall–Kier alpha value is -2.33. The molecule has 5 heteroatoms. The molecule has 0 bridgehead atoms. The molecule has 1 heterocycles. The first-order valence-electron chi connectivity index (χ1n) is 8.33. The van der Waals surface area contributed by atoms with Crippen LogP contribution >= 0.6 is 11.6 Å². The highest BCUT2D eigenvalue weighted by atomic mass is 35.5. The van der Waals surface area contributed by atoms with Gasteiger partial charge in [0.25, 0.3) is 11.7 Å². The van der Waals surface area contributed by atoms with Gasteiger partial charge >= 0.3 is 0 Å². The highest BCUT2D eigenvalue weighted by Crippen LogP contribution is 2.32. The number of carbonyl (C=O) groups excluding carboxylic acids is 2. The van der Waals surface area contributed by atoms with E-state index in [1.165, 1.54) is 4.90 Å². The maximum absolute atomic E-state index is 12.3. The van der Waals surface area contributed by atoms with Crippen LogP contribution in [-0.2, 0) is 11.3 Å². The summed E-state index contributed by atoms with van der Waals surface area (Å²) in [7, 11) is 0. The number of hydrogen-bond donors (Lipinski definition) is 0. The maximum atomic E-state index is 12.3. The highest BCUT2D eigenvalue weighted by Gasteiger charge is 2.35. The summed E-state index contributed by atoms with van der Waals surface area (Å²) in [5.74, 6) is 0.382. The summed E-state index contributed by atoms with van der Waals surface area (Å²) < 4.78 is 5.70. The van der Waals surface area contributed by atoms with Gasteiger partial charge in [-0.05, 0) is 48.2 Å². The van der Waals surface area contributed by atoms with Crippen molar-refractivity contribution in [1.82, 2.24) is 0 Å². The number of rotatable bonds is 6. The summed E-state index contributed by atoms with van der Waals surface area (Å²) in [5, 5.41) is 0.449. The van der Waals surface area contributed by atoms with Gasteiger partial charge in [0.05, 0.1) is 24.4 Å². The van der Waals surface area contributed by atoms with Crippen LogP contribution in [0, 0.1) is 5.92 Å². The van der Waals surface area contributed by atoms with Crippen LogP contribution in [-0.4, -0.2) is 18.3 Å². The van der Waals surface area contributed by atoms with Crippen molar-refractivity contribution < 1.29 is 14.3 Å². The number of ketones is 1. The number of anilines is 1. The average Bonchev–Trinajstić information content (AvgIpc) is 2.81. The van der Waals surface area contributed by atoms with Gasteiger partial charge < -0.3 is 9.64 Å². The van der Waals surface area contributed by atoms with Crippen molar-refractivity contribution in [1.29, 1.82) is 0 Å². The highest BCUT2D eigenvalue weighted by molar-refractivity contribution is 6.52. The summed E-state index contributed by atoms with van der Waals surface area (Å²) in [5.41, 5.74) is 1.91. The summed E-state index contributed by atoms with van der Waals surface area (Å²) in [6.45, 7) is 5.34. The number of carbonyl (C=O) groups is 2. The topological polar surface area (TPSA) is 46.6 Å². The van der Waals surface area contributed by atoms with Crippen molar-refractivity contribution in [2.24, 2.45) is 5.92 Å². The minimum Gasteiger partial charge on any atom is -0.494 e. The number of halogens is 1. The summed E-state index contributed by atoms with van der Waals surface area (Å²) >= 11 is 5.93. The second-order valence-corrected chi connectivity index (χ2v) is 6.99. The molecular weight excluding hydrogens is 338 g/mol. The first-order valence-corrected chi connectivity index (χ1v) is 8.71. The largest absolute Gasteiger partial charge is 0.494 e. The first-order chi connectivity index (χ1) is 12.0. The van der Waals surface area contributed by atoms with Gasteiger partial charge in [0.15, 0.2) is 0 Å². The molecule has 0 atom stereocenters. The van der Waals surface area contributed by atoms with Crippen LogP contribution in [0.1, 0.15) is 36.2 Å². The Morgan fingerprint density at radius 1 is 1.08 bits per heavy atom. The standard InChI is InChI=1S/C20H20ClNO3/c1-13(2)9-10-25-16-6-3-14(4-7-16)12-22-18-8-5-15(21)11-17(18)19(23)20(22)24/h3-8,11,13H,9-10,12H2,1-2H3. The van der Waals surface area contributed by atoms with Gasteiger partial charge in [-0.1, -0.05) is 37.6 Å². The molecule has 1 aliphatic heterocycles. The predicted octanol–water partition coefficient (Wildman–Crippen LogP) is 4.49. The van der Waals surface area contributed by atoms with Crippen LogP contribution in [0.2, 0.25) is 5.02 Å². The molecule has 2 aromatic rings. The Kier molecular flexibility index (Phi) is 5.09. The zero-order chi connectivity index (χ0) is 18.0. The van der Waals surface area contributed by atoms with Crippen molar-refractivity contribution >= 4 is 29.0 Å². The lowest BCUT2D eigenvalue weighted by atomic mass is 10.1. The van der Waals surface area contributed by atoms with Crippen molar-refractivity contribution in [3.05, 3.63) is 58.6 Å². The molecular formula is C20H20ClNO3. The molecule has 25 heavy (non-hydrogen) atoms. The molecule has 0 spiro atoms. The molecule has 4 nitrogen and oxygen atoms in total. The summed E-state index contributed by atoms with van der Waals surface area (Å²) in [6, 6.07) is 12.5. The predicted molar refractivity (Wildman–Crippen MR) is 98.4 cm³/mol. The quantitative estimate of drug-likeness (QED) is 0.715. The number of hydrogen-bond acceptors (Lipinski definition) is 3. The maximum Gasteiger partial charge on any atom is 0.299 e. The Morgan fingerprint density at radius 2 is 1.80 bits per heavy atom. The monoisotopic (exact) mass is 357 g/mol. The van der Waals surface area contributed by atoms with E-state index < -0.39 is 11.7 Å². The first kappa shape index (κ1) is 17.5. The molecule has 0 aromatic heterocycles. The van der Waals surface area contributed by atoms with Gasteiger partial charge in [-0.3, -0.25) is 9.59 Å². The molecule has 1 amide bonds. The molecule has 130 valence electrons. The third kappa shape index (κ3) is 3.85. The Labute approximate surface area is 152 Å². The molecule has 2 aromatic carbocycles. The van der Waals surface area contributed by atoms with Gasteiger partial charge in [-0.15, -0.1) is 0 Å². The van der Waals surface area contributed by atoms with E-state index in [9.17, 15) is 9.59 Å². The normalized spacial score (nSPS) is 13.5. The molecule has 0 saturated carbocycles. The minimum absolute atomic E-state index is 0.339. The zero-order valence-corrected chi connectivity index (χ0v) is 15.0. The van der Waals surface area contributed by atoms with E-state index >= 15 is 0 Å². The van der Waals surface area contributed by atoms with E-state index in [1.54, 1.807) is 18.2 Å². The molecule has 3 rings (SSSR count). The van der Waals surface area contributed by atoms with Crippen LogP contribution < -0.4 is 9.64 Å². The van der Waals surface area contributed by atoms with Crippen LogP contribution in [0.4, 0.5) is 5.69 Å². The fourth-order valence-corrected chi connectivity index (χ4v) is 2.89. The summed E-state index contributed by atoms with van der Waals surface area (Å²) in [4.78, 5) is 25.9. The Morgan fingerprint density at radius 3 is 2.48 bits per heavy atom. The molecule has 0 aliphatic carbocycles. The van der Waals surface area contributed by atoms with Gasteiger partial charge in [-0.25, -0.2) is 0 Å². The Balaban J connectivity index is 1.71. The van der Waals surface area contributed by atoms with E-state index in [1.807, 2.05) is 24.3 Å². The third-order valence-corrected chi connectivity index (χ3v) is 4.40. The molecule has 0 fully saturated rings. The van der Waals surface area contributed by atoms with E-state index in [4.69, 9.17) is 16.3 Å². The summed E-state index contributed by atoms with van der Waals surface area (Å²) in [6.07, 6.45) is 1.01. The smallest absolute Gasteiger partial charge is 0.299 e. The lowest BCUT2D eigenvalue weighted by molar-refractivity contribution is -0.114. The number of ether oxygens (including phenoxy) is 1. The zero-order valence-electron chi connectivity index (χ0n) is 14.3. The minimum atomic E-state index is -0.519. The lowest BCUT2D eigenvalue weighted by Gasteiger charge is -2.17. The lowest BCUT2D eigenvalue weighted by Crippen LogP contribution is -2.29. The number of nitrogens with zero attached hydrogens (tertiary/aromatic N) is 1. The fraction of sp³-hybridized carbons (Fsp3) is 0.300. The molecule has 0 radical (unpaired) electrons. The second-order valence-electron chi connectivity index (χ2n) is 6.56. The number of fused-ring (bicyclic) bond motifs is 1. The SMILES string of the molecule is CC(C)CCOc1ccc(CN2C(=O)C(=O)c3cc(Cl)ccc32)cc1. The van der Waals surface area contributed by atoms with E-state index in [2.05, 4.69) is 13.8 Å². The molecule has 0 saturated heterocycles. The van der Waals surface area contributed by atoms with E-state index in [0.717, 1.165) is 17.7 Å². The van der Waals surface area contributed by atoms with Crippen LogP contribution in [0.5, 0.6) is 5.75 Å². The van der Waals surface area contributed by atoms with E-state index in [-0.39, 0.29) is 0 Å². The number of amides is 1. The van der Waals surface area contributed by atoms with Crippen molar-refractivity contribution in [3.8, 4) is 5.75 Å². The van der Waals surface area contributed by atoms with Crippen LogP contribution in [0.3, 0.4) is 0 Å². The Bertz CT molecular complexity index is 799. The van der Waals surface area contributed by atoms with Gasteiger partial charge in [-0.2, -0.15) is 0 Å². The van der Waals surface area contributed by atoms with Crippen molar-refractivity contribution in [2.45, 2.75) is 26.8 Å². The van der Waals surface area contributed by atoms with Gasteiger partial charge in [0, 0.05) is 5.02 Å². The number of Topliss-reactive ketones (excluding diaryl/α,β-unsaturated/α-hetero) is 1. The molecule has 0 N–H and O–H groups in total. The number of benzene rings is 2. The van der Waals surface area contributed by atoms with Crippen molar-refractivity contribution in [3.63, 3.8) is 0 Å². The third-order valence-electron chi connectivity index (χ3n) is 4.16. The van der Waals surface area contributed by atoms with Crippen LogP contribution in [0.15, 0.2) is 42.5 Å². The van der Waals surface area contributed by atoms with Crippen LogP contribution in [0.25, 0.3) is 0 Å². The van der Waals surface area contributed by atoms with Gasteiger partial charge in [0.1, 0.15) is 5.75 Å². The average molecular weight is 358 g/mol. The molecule has 1 aliphatic rings. The van der Waals surface area contributed by atoms with E-state index in [0.29, 0.717) is 35.3 Å². The second kappa shape index (κ2) is 7.28. The van der Waals surface area contributed by atoms with Gasteiger partial charge in [0.2, 0.25) is 0 Å². The fourth-order valence-electron chi connectivity index (χ4n) is 2.72.